The molecule has 0 spiro atoms. The van der Waals surface area contributed by atoms with Crippen molar-refractivity contribution in [2.24, 2.45) is 0 Å². The Balaban J connectivity index is 2.30. The molecule has 0 aliphatic heterocycles. The van der Waals surface area contributed by atoms with Gasteiger partial charge in [0.15, 0.2) is 0 Å². The summed E-state index contributed by atoms with van der Waals surface area (Å²) in [5.41, 5.74) is 0.766. The molecular weight excluding hydrogens is 206 g/mol. The van der Waals surface area contributed by atoms with Crippen molar-refractivity contribution in [3.8, 4) is 0 Å². The van der Waals surface area contributed by atoms with Gasteiger partial charge in [0.05, 0.1) is 5.60 Å². The van der Waals surface area contributed by atoms with E-state index < -0.39 is 5.60 Å². The third-order valence-corrected chi connectivity index (χ3v) is 3.57. The van der Waals surface area contributed by atoms with Crippen LogP contribution in [-0.4, -0.2) is 17.3 Å². The molecule has 2 nitrogen and oxygen atoms in total. The Morgan fingerprint density at radius 1 is 1.53 bits per heavy atom. The Morgan fingerprint density at radius 3 is 2.80 bits per heavy atom. The third kappa shape index (κ3) is 4.33. The lowest BCUT2D eigenvalue weighted by Gasteiger charge is -2.22. The summed E-state index contributed by atoms with van der Waals surface area (Å²) in [7, 11) is 0. The summed E-state index contributed by atoms with van der Waals surface area (Å²) in [6.45, 7) is 7.64. The number of hydrogen-bond acceptors (Lipinski definition) is 3. The van der Waals surface area contributed by atoms with Crippen molar-refractivity contribution in [3.63, 3.8) is 0 Å². The second-order valence-electron chi connectivity index (χ2n) is 4.38. The molecule has 2 N–H and O–H groups in total. The van der Waals surface area contributed by atoms with E-state index in [0.717, 1.165) is 19.4 Å². The van der Waals surface area contributed by atoms with Crippen molar-refractivity contribution >= 4 is 11.3 Å². The van der Waals surface area contributed by atoms with Crippen LogP contribution in [0, 0.1) is 6.92 Å². The number of aliphatic hydroxyl groups is 1. The molecule has 0 saturated heterocycles. The van der Waals surface area contributed by atoms with E-state index >= 15 is 0 Å². The lowest BCUT2D eigenvalue weighted by Crippen LogP contribution is -2.37. The molecule has 0 fully saturated rings. The maximum Gasteiger partial charge on any atom is 0.0743 e. The van der Waals surface area contributed by atoms with Gasteiger partial charge in [0.1, 0.15) is 0 Å². The molecule has 0 radical (unpaired) electrons. The first-order valence-corrected chi connectivity index (χ1v) is 6.39. The summed E-state index contributed by atoms with van der Waals surface area (Å²) < 4.78 is 0. The summed E-state index contributed by atoms with van der Waals surface area (Å²) in [6.07, 6.45) is 1.87. The molecule has 0 aromatic carbocycles. The first kappa shape index (κ1) is 12.7. The van der Waals surface area contributed by atoms with Crippen molar-refractivity contribution in [1.82, 2.24) is 5.32 Å². The number of rotatable bonds is 6. The van der Waals surface area contributed by atoms with Crippen LogP contribution >= 0.6 is 11.3 Å². The lowest BCUT2D eigenvalue weighted by molar-refractivity contribution is 0.0498. The Hall–Kier alpha value is -0.380. The maximum absolute atomic E-state index is 9.95. The Bertz CT molecular complexity index is 294. The summed E-state index contributed by atoms with van der Waals surface area (Å²) in [5.74, 6) is 0. The highest BCUT2D eigenvalue weighted by molar-refractivity contribution is 7.10. The van der Waals surface area contributed by atoms with E-state index in [9.17, 15) is 5.11 Å². The van der Waals surface area contributed by atoms with Gasteiger partial charge in [0.25, 0.3) is 0 Å². The van der Waals surface area contributed by atoms with Gasteiger partial charge < -0.3 is 10.4 Å². The van der Waals surface area contributed by atoms with Gasteiger partial charge >= 0.3 is 0 Å². The maximum atomic E-state index is 9.95. The van der Waals surface area contributed by atoms with Crippen LogP contribution in [0.1, 0.15) is 37.1 Å². The highest BCUT2D eigenvalue weighted by Crippen LogP contribution is 2.16. The van der Waals surface area contributed by atoms with Gasteiger partial charge in [-0.15, -0.1) is 11.3 Å². The van der Waals surface area contributed by atoms with Crippen LogP contribution in [0.4, 0.5) is 0 Å². The molecule has 1 atom stereocenters. The van der Waals surface area contributed by atoms with Crippen molar-refractivity contribution in [1.29, 1.82) is 0 Å². The summed E-state index contributed by atoms with van der Waals surface area (Å²) in [6, 6.07) is 2.13. The van der Waals surface area contributed by atoms with Gasteiger partial charge in [-0.2, -0.15) is 0 Å². The molecule has 1 aromatic heterocycles. The highest BCUT2D eigenvalue weighted by Gasteiger charge is 2.18. The zero-order valence-corrected chi connectivity index (χ0v) is 10.7. The molecule has 86 valence electrons. The zero-order chi connectivity index (χ0) is 11.3. The fourth-order valence-electron chi connectivity index (χ4n) is 1.66. The predicted molar refractivity (Wildman–Crippen MR) is 66.3 cm³/mol. The molecule has 1 unspecified atom stereocenters. The van der Waals surface area contributed by atoms with E-state index in [0.29, 0.717) is 6.54 Å². The number of nitrogens with one attached hydrogen (secondary N) is 1. The van der Waals surface area contributed by atoms with Gasteiger partial charge in [-0.05, 0) is 37.3 Å². The summed E-state index contributed by atoms with van der Waals surface area (Å²) in [4.78, 5) is 1.36. The smallest absolute Gasteiger partial charge is 0.0743 e. The SMILES string of the molecule is CCCC(C)(O)CNCc1sccc1C. The van der Waals surface area contributed by atoms with Gasteiger partial charge in [-0.25, -0.2) is 0 Å². The topological polar surface area (TPSA) is 32.3 Å². The van der Waals surface area contributed by atoms with Gasteiger partial charge in [0, 0.05) is 18.0 Å². The molecule has 0 bridgehead atoms. The Kier molecular flexibility index (Phi) is 4.77. The monoisotopic (exact) mass is 227 g/mol. The zero-order valence-electron chi connectivity index (χ0n) is 9.84. The van der Waals surface area contributed by atoms with Crippen molar-refractivity contribution in [2.75, 3.05) is 6.54 Å². The second-order valence-corrected chi connectivity index (χ2v) is 5.38. The molecule has 0 saturated carbocycles. The fourth-order valence-corrected chi connectivity index (χ4v) is 2.53. The molecule has 3 heteroatoms. The van der Waals surface area contributed by atoms with E-state index in [-0.39, 0.29) is 0 Å². The molecular formula is C12H21NOS. The summed E-state index contributed by atoms with van der Waals surface area (Å²) >= 11 is 1.77. The lowest BCUT2D eigenvalue weighted by atomic mass is 10.0. The average Bonchev–Trinajstić information content (AvgIpc) is 2.51. The van der Waals surface area contributed by atoms with E-state index in [1.54, 1.807) is 11.3 Å². The van der Waals surface area contributed by atoms with Crippen molar-refractivity contribution < 1.29 is 5.11 Å². The van der Waals surface area contributed by atoms with Crippen LogP contribution in [0.3, 0.4) is 0 Å². The molecule has 1 aromatic rings. The largest absolute Gasteiger partial charge is 0.389 e. The van der Waals surface area contributed by atoms with Gasteiger partial charge in [-0.3, -0.25) is 0 Å². The molecule has 0 amide bonds. The quantitative estimate of drug-likeness (QED) is 0.783. The van der Waals surface area contributed by atoms with E-state index in [1.807, 2.05) is 6.92 Å². The summed E-state index contributed by atoms with van der Waals surface area (Å²) in [5, 5.41) is 15.4. The standard InChI is InChI=1S/C12H21NOS/c1-4-6-12(3,14)9-13-8-11-10(2)5-7-15-11/h5,7,13-14H,4,6,8-9H2,1-3H3. The van der Waals surface area contributed by atoms with Crippen LogP contribution < -0.4 is 5.32 Å². The van der Waals surface area contributed by atoms with Crippen LogP contribution in [0.2, 0.25) is 0 Å². The van der Waals surface area contributed by atoms with Crippen LogP contribution in [0.15, 0.2) is 11.4 Å². The number of thiophene rings is 1. The van der Waals surface area contributed by atoms with Crippen LogP contribution in [0.5, 0.6) is 0 Å². The molecule has 15 heavy (non-hydrogen) atoms. The molecule has 1 rings (SSSR count). The van der Waals surface area contributed by atoms with E-state index in [1.165, 1.54) is 10.4 Å². The molecule has 0 aliphatic carbocycles. The van der Waals surface area contributed by atoms with Crippen molar-refractivity contribution in [2.45, 2.75) is 45.8 Å². The Labute approximate surface area is 96.3 Å². The predicted octanol–water partition coefficient (Wildman–Crippen LogP) is 2.70. The van der Waals surface area contributed by atoms with Gasteiger partial charge in [0.2, 0.25) is 0 Å². The van der Waals surface area contributed by atoms with E-state index in [2.05, 4.69) is 30.6 Å². The number of aryl methyl sites for hydroxylation is 1. The number of hydrogen-bond donors (Lipinski definition) is 2. The second kappa shape index (κ2) is 5.64. The molecule has 1 heterocycles. The first-order valence-electron chi connectivity index (χ1n) is 5.51. The van der Waals surface area contributed by atoms with Crippen LogP contribution in [0.25, 0.3) is 0 Å². The minimum Gasteiger partial charge on any atom is -0.389 e. The average molecular weight is 227 g/mol. The van der Waals surface area contributed by atoms with Gasteiger partial charge in [-0.1, -0.05) is 13.3 Å². The first-order chi connectivity index (χ1) is 7.05. The third-order valence-electron chi connectivity index (χ3n) is 2.55. The van der Waals surface area contributed by atoms with Crippen molar-refractivity contribution in [3.05, 3.63) is 21.9 Å². The highest BCUT2D eigenvalue weighted by atomic mass is 32.1. The Morgan fingerprint density at radius 2 is 2.27 bits per heavy atom. The van der Waals surface area contributed by atoms with E-state index in [4.69, 9.17) is 0 Å². The fraction of sp³-hybridized carbons (Fsp3) is 0.667. The van der Waals surface area contributed by atoms with Crippen LogP contribution in [-0.2, 0) is 6.54 Å². The normalized spacial score (nSPS) is 15.2. The molecule has 0 aliphatic rings. The minimum absolute atomic E-state index is 0.570. The minimum atomic E-state index is -0.570.